The zero-order valence-corrected chi connectivity index (χ0v) is 14.1. The molecule has 1 saturated carbocycles. The third-order valence-corrected chi connectivity index (χ3v) is 5.29. The first-order valence-electron chi connectivity index (χ1n) is 8.30. The van der Waals surface area contributed by atoms with Gasteiger partial charge in [0.2, 0.25) is 0 Å². The Morgan fingerprint density at radius 3 is 2.71 bits per heavy atom. The Balaban J connectivity index is 2.25. The summed E-state index contributed by atoms with van der Waals surface area (Å²) < 4.78 is 7.05. The van der Waals surface area contributed by atoms with E-state index in [1.165, 1.54) is 7.11 Å². The number of rotatable bonds is 4. The molecule has 2 aromatic rings. The second-order valence-corrected chi connectivity index (χ2v) is 6.52. The first kappa shape index (κ1) is 16.4. The molecule has 0 aliphatic heterocycles. The van der Waals surface area contributed by atoms with Crippen molar-refractivity contribution in [2.75, 3.05) is 7.11 Å². The number of azide groups is 1. The van der Waals surface area contributed by atoms with Crippen molar-refractivity contribution in [3.8, 4) is 0 Å². The smallest absolute Gasteiger partial charge is 0.315 e. The molecule has 1 atom stereocenters. The van der Waals surface area contributed by atoms with E-state index in [1.807, 2.05) is 19.2 Å². The molecule has 126 valence electrons. The fraction of sp³-hybridized carbons (Fsp3) is 0.500. The number of hydrogen-bond donors (Lipinski definition) is 0. The van der Waals surface area contributed by atoms with Gasteiger partial charge < -0.3 is 9.30 Å². The molecule has 1 unspecified atom stereocenters. The van der Waals surface area contributed by atoms with E-state index in [9.17, 15) is 4.79 Å². The molecular weight excluding hydrogens is 304 g/mol. The molecule has 0 amide bonds. The molecule has 6 nitrogen and oxygen atoms in total. The van der Waals surface area contributed by atoms with Crippen molar-refractivity contribution in [1.29, 1.82) is 0 Å². The molecule has 1 heterocycles. The summed E-state index contributed by atoms with van der Waals surface area (Å²) in [5.74, 6) is -0.456. The van der Waals surface area contributed by atoms with Crippen LogP contribution in [0.5, 0.6) is 0 Å². The Morgan fingerprint density at radius 2 is 2.04 bits per heavy atom. The van der Waals surface area contributed by atoms with E-state index in [0.29, 0.717) is 0 Å². The average Bonchev–Trinajstić information content (AvgIpc) is 2.97. The first-order valence-corrected chi connectivity index (χ1v) is 8.30. The summed E-state index contributed by atoms with van der Waals surface area (Å²) in [5.41, 5.74) is 10.7. The van der Waals surface area contributed by atoms with Gasteiger partial charge >= 0.3 is 5.97 Å². The van der Waals surface area contributed by atoms with Crippen LogP contribution in [-0.2, 0) is 22.0 Å². The first-order chi connectivity index (χ1) is 11.6. The topological polar surface area (TPSA) is 80.0 Å². The lowest BCUT2D eigenvalue weighted by atomic mass is 9.65. The molecule has 1 aromatic carbocycles. The highest BCUT2D eigenvalue weighted by Crippen LogP contribution is 2.46. The highest BCUT2D eigenvalue weighted by molar-refractivity contribution is 5.87. The Kier molecular flexibility index (Phi) is 4.49. The number of nitrogens with zero attached hydrogens (tertiary/aromatic N) is 4. The van der Waals surface area contributed by atoms with Gasteiger partial charge in [-0.05, 0) is 30.0 Å². The Morgan fingerprint density at radius 1 is 1.33 bits per heavy atom. The largest absolute Gasteiger partial charge is 0.469 e. The molecule has 0 spiro atoms. The van der Waals surface area contributed by atoms with E-state index in [-0.39, 0.29) is 0 Å². The van der Waals surface area contributed by atoms with Crippen LogP contribution in [0.1, 0.15) is 37.7 Å². The maximum atomic E-state index is 12.4. The van der Waals surface area contributed by atoms with E-state index in [0.717, 1.165) is 48.6 Å². The van der Waals surface area contributed by atoms with Crippen molar-refractivity contribution in [3.63, 3.8) is 0 Å². The van der Waals surface area contributed by atoms with Gasteiger partial charge in [0, 0.05) is 34.5 Å². The lowest BCUT2D eigenvalue weighted by Gasteiger charge is -2.40. The van der Waals surface area contributed by atoms with E-state index in [4.69, 9.17) is 10.3 Å². The molecule has 3 rings (SSSR count). The van der Waals surface area contributed by atoms with E-state index < -0.39 is 17.4 Å². The summed E-state index contributed by atoms with van der Waals surface area (Å²) in [6.07, 6.45) is 6.88. The average molecular weight is 326 g/mol. The van der Waals surface area contributed by atoms with Crippen molar-refractivity contribution in [1.82, 2.24) is 4.57 Å². The summed E-state index contributed by atoms with van der Waals surface area (Å²) >= 11 is 0. The molecular formula is C18H22N4O2. The van der Waals surface area contributed by atoms with Crippen molar-refractivity contribution >= 4 is 16.9 Å². The van der Waals surface area contributed by atoms with Crippen LogP contribution in [0.2, 0.25) is 0 Å². The number of benzene rings is 1. The number of fused-ring (bicyclic) bond motifs is 1. The van der Waals surface area contributed by atoms with Crippen molar-refractivity contribution in [2.45, 2.75) is 43.6 Å². The minimum atomic E-state index is -0.835. The minimum absolute atomic E-state index is 0.456. The van der Waals surface area contributed by atoms with Crippen LogP contribution in [0.15, 0.2) is 35.6 Å². The molecule has 0 bridgehead atoms. The Hall–Kier alpha value is -2.46. The van der Waals surface area contributed by atoms with Gasteiger partial charge in [-0.15, -0.1) is 0 Å². The van der Waals surface area contributed by atoms with Crippen molar-refractivity contribution in [2.24, 2.45) is 12.2 Å². The fourth-order valence-corrected chi connectivity index (χ4v) is 4.16. The summed E-state index contributed by atoms with van der Waals surface area (Å²) in [7, 11) is 3.35. The van der Waals surface area contributed by atoms with Gasteiger partial charge in [0.1, 0.15) is 6.04 Å². The maximum Gasteiger partial charge on any atom is 0.315 e. The highest BCUT2D eigenvalue weighted by atomic mass is 16.5. The van der Waals surface area contributed by atoms with Gasteiger partial charge in [-0.2, -0.15) is 0 Å². The zero-order chi connectivity index (χ0) is 17.2. The van der Waals surface area contributed by atoms with E-state index in [2.05, 4.69) is 32.9 Å². The van der Waals surface area contributed by atoms with Gasteiger partial charge in [0.05, 0.1) is 7.11 Å². The third kappa shape index (κ3) is 2.53. The van der Waals surface area contributed by atoms with Crippen LogP contribution >= 0.6 is 0 Å². The second kappa shape index (κ2) is 6.57. The van der Waals surface area contributed by atoms with Crippen LogP contribution in [0.3, 0.4) is 0 Å². The highest BCUT2D eigenvalue weighted by Gasteiger charge is 2.46. The summed E-state index contributed by atoms with van der Waals surface area (Å²) in [6.45, 7) is 0. The van der Waals surface area contributed by atoms with Crippen LogP contribution in [0.4, 0.5) is 0 Å². The predicted octanol–water partition coefficient (Wildman–Crippen LogP) is 4.23. The quantitative estimate of drug-likeness (QED) is 0.364. The van der Waals surface area contributed by atoms with Gasteiger partial charge in [-0.25, -0.2) is 0 Å². The normalized spacial score (nSPS) is 17.9. The summed E-state index contributed by atoms with van der Waals surface area (Å²) in [6, 6.07) is 7.31. The minimum Gasteiger partial charge on any atom is -0.469 e. The van der Waals surface area contributed by atoms with Gasteiger partial charge in [0.15, 0.2) is 0 Å². The van der Waals surface area contributed by atoms with Gasteiger partial charge in [-0.3, -0.25) is 4.79 Å². The number of hydrogen-bond acceptors (Lipinski definition) is 3. The fourth-order valence-electron chi connectivity index (χ4n) is 4.16. The molecule has 1 fully saturated rings. The predicted molar refractivity (Wildman–Crippen MR) is 92.6 cm³/mol. The van der Waals surface area contributed by atoms with Gasteiger partial charge in [0.25, 0.3) is 0 Å². The monoisotopic (exact) mass is 326 g/mol. The number of aromatic nitrogens is 1. The van der Waals surface area contributed by atoms with Crippen LogP contribution in [0.25, 0.3) is 21.3 Å². The molecule has 6 heteroatoms. The number of ether oxygens (including phenoxy) is 1. The zero-order valence-electron chi connectivity index (χ0n) is 14.1. The molecule has 0 N–H and O–H groups in total. The summed E-state index contributed by atoms with van der Waals surface area (Å²) in [4.78, 5) is 15.4. The standard InChI is InChI=1S/C18H22N4O2/c1-22-12-14(13-8-4-5-9-15(13)22)18(10-6-3-7-11-18)16(20-21-19)17(23)24-2/h4-5,8-9,12,16H,3,6-7,10-11H2,1-2H3. The van der Waals surface area contributed by atoms with Crippen molar-refractivity contribution in [3.05, 3.63) is 46.5 Å². The SMILES string of the molecule is COC(=O)C(N=[N+]=[N-])C1(c2cn(C)c3ccccc23)CCCCC1. The van der Waals surface area contributed by atoms with Crippen LogP contribution < -0.4 is 0 Å². The van der Waals surface area contributed by atoms with Crippen LogP contribution in [0, 0.1) is 0 Å². The van der Waals surface area contributed by atoms with E-state index >= 15 is 0 Å². The van der Waals surface area contributed by atoms with Gasteiger partial charge in [-0.1, -0.05) is 42.6 Å². The third-order valence-electron chi connectivity index (χ3n) is 5.29. The number of esters is 1. The Labute approximate surface area is 141 Å². The molecule has 1 aromatic heterocycles. The van der Waals surface area contributed by atoms with E-state index in [1.54, 1.807) is 0 Å². The molecule has 24 heavy (non-hydrogen) atoms. The number of para-hydroxylation sites is 1. The Bertz CT molecular complexity index is 798. The number of carbonyl (C=O) groups is 1. The lowest BCUT2D eigenvalue weighted by Crippen LogP contribution is -2.45. The second-order valence-electron chi connectivity index (χ2n) is 6.52. The molecule has 0 radical (unpaired) electrons. The number of aryl methyl sites for hydroxylation is 1. The molecule has 1 aliphatic carbocycles. The molecule has 0 saturated heterocycles. The maximum absolute atomic E-state index is 12.4. The van der Waals surface area contributed by atoms with Crippen molar-refractivity contribution < 1.29 is 9.53 Å². The lowest BCUT2D eigenvalue weighted by molar-refractivity contribution is -0.144. The summed E-state index contributed by atoms with van der Waals surface area (Å²) in [5, 5.41) is 4.99. The number of methoxy groups -OCH3 is 1. The van der Waals surface area contributed by atoms with Crippen LogP contribution in [-0.4, -0.2) is 23.7 Å². The molecule has 1 aliphatic rings. The number of carbonyl (C=O) groups excluding carboxylic acids is 1.